The maximum absolute atomic E-state index is 12.3. The van der Waals surface area contributed by atoms with Gasteiger partial charge in [-0.05, 0) is 42.3 Å². The van der Waals surface area contributed by atoms with Crippen molar-refractivity contribution in [1.29, 1.82) is 0 Å². The van der Waals surface area contributed by atoms with Gasteiger partial charge in [0.15, 0.2) is 16.4 Å². The number of sulfone groups is 1. The van der Waals surface area contributed by atoms with Gasteiger partial charge >= 0.3 is 0 Å². The first-order valence-corrected chi connectivity index (χ1v) is 11.1. The summed E-state index contributed by atoms with van der Waals surface area (Å²) in [6.45, 7) is 1.71. The van der Waals surface area contributed by atoms with Crippen LogP contribution in [0.4, 0.5) is 5.69 Å². The van der Waals surface area contributed by atoms with Crippen molar-refractivity contribution in [1.82, 2.24) is 5.32 Å². The SMILES string of the molecule is CC(NC(=O)CS(=O)(=O)Cc1cccc(Br)c1)c1ccc2c(c1)NC(=O)CO2. The molecule has 1 aliphatic heterocycles. The van der Waals surface area contributed by atoms with Gasteiger partial charge in [0.1, 0.15) is 11.5 Å². The molecule has 0 saturated heterocycles. The molecule has 0 fully saturated rings. The van der Waals surface area contributed by atoms with Crippen molar-refractivity contribution in [3.05, 3.63) is 58.1 Å². The van der Waals surface area contributed by atoms with Crippen molar-refractivity contribution in [2.75, 3.05) is 17.7 Å². The van der Waals surface area contributed by atoms with Crippen molar-refractivity contribution >= 4 is 43.3 Å². The normalized spacial score (nSPS) is 14.4. The summed E-state index contributed by atoms with van der Waals surface area (Å²) in [5.74, 6) is -1.09. The number of carbonyl (C=O) groups is 2. The molecule has 9 heteroatoms. The molecule has 1 atom stereocenters. The van der Waals surface area contributed by atoms with Gasteiger partial charge < -0.3 is 15.4 Å². The molecule has 1 unspecified atom stereocenters. The Balaban J connectivity index is 1.62. The lowest BCUT2D eigenvalue weighted by atomic mass is 10.1. The van der Waals surface area contributed by atoms with E-state index < -0.39 is 27.5 Å². The fraction of sp³-hybridized carbons (Fsp3) is 0.263. The molecule has 2 aromatic carbocycles. The fourth-order valence-corrected chi connectivity index (χ4v) is 4.59. The van der Waals surface area contributed by atoms with E-state index in [0.717, 1.165) is 10.0 Å². The third-order valence-corrected chi connectivity index (χ3v) is 6.11. The van der Waals surface area contributed by atoms with Gasteiger partial charge in [-0.1, -0.05) is 34.1 Å². The van der Waals surface area contributed by atoms with Gasteiger partial charge in [-0.2, -0.15) is 0 Å². The highest BCUT2D eigenvalue weighted by molar-refractivity contribution is 9.10. The van der Waals surface area contributed by atoms with Crippen LogP contribution in [-0.4, -0.2) is 32.6 Å². The minimum Gasteiger partial charge on any atom is -0.482 e. The molecule has 0 radical (unpaired) electrons. The van der Waals surface area contributed by atoms with E-state index in [1.807, 2.05) is 0 Å². The molecule has 3 rings (SSSR count). The van der Waals surface area contributed by atoms with Crippen LogP contribution in [0.5, 0.6) is 5.75 Å². The largest absolute Gasteiger partial charge is 0.482 e. The monoisotopic (exact) mass is 466 g/mol. The number of hydrogen-bond donors (Lipinski definition) is 2. The topological polar surface area (TPSA) is 102 Å². The molecule has 0 aromatic heterocycles. The molecule has 0 saturated carbocycles. The molecule has 1 heterocycles. The summed E-state index contributed by atoms with van der Waals surface area (Å²) in [6, 6.07) is 11.7. The van der Waals surface area contributed by atoms with E-state index in [1.165, 1.54) is 0 Å². The van der Waals surface area contributed by atoms with E-state index >= 15 is 0 Å². The summed E-state index contributed by atoms with van der Waals surface area (Å²) in [5.41, 5.74) is 1.86. The van der Waals surface area contributed by atoms with Crippen molar-refractivity contribution < 1.29 is 22.7 Å². The molecular formula is C19H19BrN2O5S. The van der Waals surface area contributed by atoms with Crippen LogP contribution in [0.25, 0.3) is 0 Å². The van der Waals surface area contributed by atoms with Crippen LogP contribution in [-0.2, 0) is 25.2 Å². The number of ether oxygens (including phenoxy) is 1. The zero-order valence-corrected chi connectivity index (χ0v) is 17.5. The predicted molar refractivity (Wildman–Crippen MR) is 109 cm³/mol. The first-order valence-electron chi connectivity index (χ1n) is 8.53. The fourth-order valence-electron chi connectivity index (χ4n) is 2.87. The molecular weight excluding hydrogens is 448 g/mol. The van der Waals surface area contributed by atoms with Gasteiger partial charge in [0, 0.05) is 4.47 Å². The van der Waals surface area contributed by atoms with E-state index in [0.29, 0.717) is 17.0 Å². The number of benzene rings is 2. The third kappa shape index (κ3) is 5.32. The number of rotatable bonds is 6. The summed E-state index contributed by atoms with van der Waals surface area (Å²) >= 11 is 3.30. The Hall–Kier alpha value is -2.39. The number of amides is 2. The summed E-state index contributed by atoms with van der Waals surface area (Å²) in [6.07, 6.45) is 0. The van der Waals surface area contributed by atoms with Gasteiger partial charge in [-0.25, -0.2) is 8.42 Å². The molecule has 2 amide bonds. The summed E-state index contributed by atoms with van der Waals surface area (Å²) < 4.78 is 30.7. The Labute approximate surface area is 171 Å². The van der Waals surface area contributed by atoms with Gasteiger partial charge in [-0.3, -0.25) is 9.59 Å². The number of carbonyl (C=O) groups excluding carboxylic acids is 2. The molecule has 7 nitrogen and oxygen atoms in total. The molecule has 0 bridgehead atoms. The van der Waals surface area contributed by atoms with Crippen LogP contribution in [0.2, 0.25) is 0 Å². The number of anilines is 1. The Morgan fingerprint density at radius 1 is 1.29 bits per heavy atom. The number of fused-ring (bicyclic) bond motifs is 1. The van der Waals surface area contributed by atoms with Crippen molar-refractivity contribution in [2.24, 2.45) is 0 Å². The average molecular weight is 467 g/mol. The quantitative estimate of drug-likeness (QED) is 0.680. The molecule has 148 valence electrons. The van der Waals surface area contributed by atoms with Gasteiger partial charge in [0.25, 0.3) is 5.91 Å². The van der Waals surface area contributed by atoms with E-state index in [9.17, 15) is 18.0 Å². The second kappa shape index (κ2) is 8.32. The van der Waals surface area contributed by atoms with Crippen LogP contribution in [0.15, 0.2) is 46.9 Å². The highest BCUT2D eigenvalue weighted by Gasteiger charge is 2.21. The molecule has 28 heavy (non-hydrogen) atoms. The third-order valence-electron chi connectivity index (χ3n) is 4.14. The zero-order valence-electron chi connectivity index (χ0n) is 15.1. The second-order valence-electron chi connectivity index (χ2n) is 6.54. The van der Waals surface area contributed by atoms with E-state index in [2.05, 4.69) is 26.6 Å². The van der Waals surface area contributed by atoms with Crippen molar-refractivity contribution in [3.63, 3.8) is 0 Å². The minimum absolute atomic E-state index is 0.0333. The molecule has 0 aliphatic carbocycles. The van der Waals surface area contributed by atoms with Gasteiger partial charge in [-0.15, -0.1) is 0 Å². The first kappa shape index (κ1) is 20.3. The second-order valence-corrected chi connectivity index (χ2v) is 9.52. The summed E-state index contributed by atoms with van der Waals surface area (Å²) in [4.78, 5) is 23.7. The first-order chi connectivity index (χ1) is 13.2. The maximum Gasteiger partial charge on any atom is 0.262 e. The number of hydrogen-bond acceptors (Lipinski definition) is 5. The highest BCUT2D eigenvalue weighted by Crippen LogP contribution is 2.30. The summed E-state index contributed by atoms with van der Waals surface area (Å²) in [5, 5.41) is 5.39. The van der Waals surface area contributed by atoms with Crippen molar-refractivity contribution in [2.45, 2.75) is 18.7 Å². The highest BCUT2D eigenvalue weighted by atomic mass is 79.9. The lowest BCUT2D eigenvalue weighted by molar-refractivity contribution is -0.119. The van der Waals surface area contributed by atoms with Crippen molar-refractivity contribution in [3.8, 4) is 5.75 Å². The van der Waals surface area contributed by atoms with Gasteiger partial charge in [0.05, 0.1) is 17.5 Å². The zero-order chi connectivity index (χ0) is 20.3. The molecule has 2 aromatic rings. The van der Waals surface area contributed by atoms with Crippen LogP contribution in [0.1, 0.15) is 24.1 Å². The molecule has 1 aliphatic rings. The molecule has 2 N–H and O–H groups in total. The van der Waals surface area contributed by atoms with Gasteiger partial charge in [0.2, 0.25) is 5.91 Å². The Kier molecular flexibility index (Phi) is 6.04. The smallest absolute Gasteiger partial charge is 0.262 e. The van der Waals surface area contributed by atoms with Crippen LogP contribution < -0.4 is 15.4 Å². The number of nitrogens with one attached hydrogen (secondary N) is 2. The van der Waals surface area contributed by atoms with E-state index in [1.54, 1.807) is 49.4 Å². The average Bonchev–Trinajstić information content (AvgIpc) is 2.59. The molecule has 0 spiro atoms. The Morgan fingerprint density at radius 3 is 2.82 bits per heavy atom. The standard InChI is InChI=1S/C19H19BrN2O5S/c1-12(14-5-6-17-16(8-14)22-18(23)9-27-17)21-19(24)11-28(25,26)10-13-3-2-4-15(20)7-13/h2-8,12H,9-11H2,1H3,(H,21,24)(H,22,23). The maximum atomic E-state index is 12.3. The van der Waals surface area contributed by atoms with Crippen LogP contribution in [0, 0.1) is 0 Å². The Morgan fingerprint density at radius 2 is 2.07 bits per heavy atom. The van der Waals surface area contributed by atoms with E-state index in [-0.39, 0.29) is 18.3 Å². The Bertz CT molecular complexity index is 1020. The van der Waals surface area contributed by atoms with Crippen LogP contribution >= 0.6 is 15.9 Å². The minimum atomic E-state index is -3.61. The van der Waals surface area contributed by atoms with Crippen LogP contribution in [0.3, 0.4) is 0 Å². The van der Waals surface area contributed by atoms with E-state index in [4.69, 9.17) is 4.74 Å². The number of halogens is 1. The lowest BCUT2D eigenvalue weighted by Crippen LogP contribution is -2.33. The summed E-state index contributed by atoms with van der Waals surface area (Å²) in [7, 11) is -3.61. The lowest BCUT2D eigenvalue weighted by Gasteiger charge is -2.21. The predicted octanol–water partition coefficient (Wildman–Crippen LogP) is 2.57.